The standard InChI is InChI=1S/C18H16FNO/c1-18(21,17-10-9-15(19)12-20-17)11-14-7-4-6-13-5-2-3-8-16(13)14/h2-10,12,21H,11H2,1H3. The van der Waals surface area contributed by atoms with E-state index in [1.165, 1.54) is 12.1 Å². The molecule has 0 aliphatic heterocycles. The molecule has 0 bridgehead atoms. The molecule has 0 saturated carbocycles. The molecular weight excluding hydrogens is 265 g/mol. The van der Waals surface area contributed by atoms with Crippen LogP contribution in [-0.4, -0.2) is 10.1 Å². The number of halogens is 1. The lowest BCUT2D eigenvalue weighted by Crippen LogP contribution is -2.25. The molecule has 0 aliphatic carbocycles. The zero-order chi connectivity index (χ0) is 14.9. The molecule has 2 nitrogen and oxygen atoms in total. The monoisotopic (exact) mass is 281 g/mol. The minimum atomic E-state index is -1.14. The molecular formula is C18H16FNO. The largest absolute Gasteiger partial charge is 0.383 e. The van der Waals surface area contributed by atoms with E-state index < -0.39 is 11.4 Å². The van der Waals surface area contributed by atoms with Gasteiger partial charge in [0.2, 0.25) is 0 Å². The van der Waals surface area contributed by atoms with Crippen molar-refractivity contribution in [2.75, 3.05) is 0 Å². The normalized spacial score (nSPS) is 14.0. The van der Waals surface area contributed by atoms with Crippen molar-refractivity contribution < 1.29 is 9.50 Å². The number of fused-ring (bicyclic) bond motifs is 1. The van der Waals surface area contributed by atoms with Gasteiger partial charge in [-0.05, 0) is 35.4 Å². The van der Waals surface area contributed by atoms with Crippen molar-refractivity contribution >= 4 is 10.8 Å². The first-order valence-corrected chi connectivity index (χ1v) is 6.87. The molecule has 0 spiro atoms. The van der Waals surface area contributed by atoms with Gasteiger partial charge in [0, 0.05) is 6.42 Å². The Morgan fingerprint density at radius 3 is 2.57 bits per heavy atom. The summed E-state index contributed by atoms with van der Waals surface area (Å²) in [7, 11) is 0. The molecule has 1 N–H and O–H groups in total. The smallest absolute Gasteiger partial charge is 0.141 e. The lowest BCUT2D eigenvalue weighted by molar-refractivity contribution is 0.0532. The lowest BCUT2D eigenvalue weighted by Gasteiger charge is -2.23. The van der Waals surface area contributed by atoms with Crippen LogP contribution in [0.3, 0.4) is 0 Å². The highest BCUT2D eigenvalue weighted by Gasteiger charge is 2.25. The summed E-state index contributed by atoms with van der Waals surface area (Å²) in [6, 6.07) is 16.9. The van der Waals surface area contributed by atoms with Crippen molar-refractivity contribution in [3.8, 4) is 0 Å². The fourth-order valence-corrected chi connectivity index (χ4v) is 2.60. The van der Waals surface area contributed by atoms with E-state index >= 15 is 0 Å². The van der Waals surface area contributed by atoms with Crippen molar-refractivity contribution in [3.63, 3.8) is 0 Å². The van der Waals surface area contributed by atoms with E-state index in [4.69, 9.17) is 0 Å². The average Bonchev–Trinajstić information content (AvgIpc) is 2.48. The van der Waals surface area contributed by atoms with Gasteiger partial charge >= 0.3 is 0 Å². The molecule has 1 heterocycles. The second-order valence-electron chi connectivity index (χ2n) is 5.45. The maximum atomic E-state index is 13.0. The van der Waals surface area contributed by atoms with E-state index in [0.29, 0.717) is 12.1 Å². The maximum Gasteiger partial charge on any atom is 0.141 e. The number of hydrogen-bond donors (Lipinski definition) is 1. The van der Waals surface area contributed by atoms with Gasteiger partial charge in [-0.25, -0.2) is 4.39 Å². The van der Waals surface area contributed by atoms with Crippen LogP contribution in [0.2, 0.25) is 0 Å². The maximum absolute atomic E-state index is 13.0. The molecule has 1 atom stereocenters. The van der Waals surface area contributed by atoms with E-state index in [1.54, 1.807) is 6.92 Å². The Hall–Kier alpha value is -2.26. The Morgan fingerprint density at radius 1 is 1.05 bits per heavy atom. The Labute approximate surface area is 122 Å². The van der Waals surface area contributed by atoms with Crippen LogP contribution in [0.5, 0.6) is 0 Å². The summed E-state index contributed by atoms with van der Waals surface area (Å²) in [5, 5.41) is 13.0. The molecule has 0 saturated heterocycles. The average molecular weight is 281 g/mol. The van der Waals surface area contributed by atoms with Crippen LogP contribution in [-0.2, 0) is 12.0 Å². The highest BCUT2D eigenvalue weighted by Crippen LogP contribution is 2.28. The fourth-order valence-electron chi connectivity index (χ4n) is 2.60. The van der Waals surface area contributed by atoms with Gasteiger partial charge in [0.25, 0.3) is 0 Å². The van der Waals surface area contributed by atoms with Crippen molar-refractivity contribution in [2.45, 2.75) is 18.9 Å². The summed E-state index contributed by atoms with van der Waals surface area (Å²) >= 11 is 0. The van der Waals surface area contributed by atoms with E-state index in [9.17, 15) is 9.50 Å². The van der Waals surface area contributed by atoms with Gasteiger partial charge in [-0.2, -0.15) is 0 Å². The second-order valence-corrected chi connectivity index (χ2v) is 5.45. The van der Waals surface area contributed by atoms with Crippen molar-refractivity contribution in [2.24, 2.45) is 0 Å². The van der Waals surface area contributed by atoms with Gasteiger partial charge in [-0.3, -0.25) is 4.98 Å². The Morgan fingerprint density at radius 2 is 1.81 bits per heavy atom. The molecule has 0 aliphatic rings. The zero-order valence-electron chi connectivity index (χ0n) is 11.8. The molecule has 3 rings (SSSR count). The molecule has 1 aromatic heterocycles. The summed E-state index contributed by atoms with van der Waals surface area (Å²) in [6.07, 6.45) is 1.56. The number of hydrogen-bond acceptors (Lipinski definition) is 2. The van der Waals surface area contributed by atoms with Crippen LogP contribution < -0.4 is 0 Å². The molecule has 0 amide bonds. The van der Waals surface area contributed by atoms with Gasteiger partial charge < -0.3 is 5.11 Å². The van der Waals surface area contributed by atoms with E-state index in [2.05, 4.69) is 4.98 Å². The van der Waals surface area contributed by atoms with Gasteiger partial charge in [0.05, 0.1) is 11.9 Å². The fraction of sp³-hybridized carbons (Fsp3) is 0.167. The Bertz CT molecular complexity index is 760. The topological polar surface area (TPSA) is 33.1 Å². The van der Waals surface area contributed by atoms with Gasteiger partial charge in [0.1, 0.15) is 11.4 Å². The first-order valence-electron chi connectivity index (χ1n) is 6.87. The number of rotatable bonds is 3. The molecule has 3 aromatic rings. The number of aromatic nitrogens is 1. The van der Waals surface area contributed by atoms with Crippen LogP contribution in [0.1, 0.15) is 18.2 Å². The van der Waals surface area contributed by atoms with Gasteiger partial charge in [-0.15, -0.1) is 0 Å². The Kier molecular flexibility index (Phi) is 3.43. The van der Waals surface area contributed by atoms with Crippen LogP contribution in [0.4, 0.5) is 4.39 Å². The summed E-state index contributed by atoms with van der Waals surface area (Å²) in [6.45, 7) is 1.70. The first-order chi connectivity index (χ1) is 10.1. The van der Waals surface area contributed by atoms with E-state index in [1.807, 2.05) is 42.5 Å². The first kappa shape index (κ1) is 13.7. The summed E-state index contributed by atoms with van der Waals surface area (Å²) in [5.74, 6) is -0.403. The minimum absolute atomic E-state index is 0.403. The van der Waals surface area contributed by atoms with Crippen LogP contribution >= 0.6 is 0 Å². The number of nitrogens with zero attached hydrogens (tertiary/aromatic N) is 1. The molecule has 2 aromatic carbocycles. The van der Waals surface area contributed by atoms with Crippen LogP contribution in [0.25, 0.3) is 10.8 Å². The van der Waals surface area contributed by atoms with Gasteiger partial charge in [-0.1, -0.05) is 42.5 Å². The molecule has 3 heteroatoms. The van der Waals surface area contributed by atoms with E-state index in [0.717, 1.165) is 22.5 Å². The number of aliphatic hydroxyl groups is 1. The molecule has 106 valence electrons. The molecule has 21 heavy (non-hydrogen) atoms. The minimum Gasteiger partial charge on any atom is -0.383 e. The van der Waals surface area contributed by atoms with Crippen molar-refractivity contribution in [1.82, 2.24) is 4.98 Å². The summed E-state index contributed by atoms with van der Waals surface area (Å²) < 4.78 is 13.0. The summed E-state index contributed by atoms with van der Waals surface area (Å²) in [4.78, 5) is 4.00. The molecule has 0 fully saturated rings. The predicted molar refractivity (Wildman–Crippen MR) is 81.4 cm³/mol. The SMILES string of the molecule is CC(O)(Cc1cccc2ccccc12)c1ccc(F)cn1. The third-order valence-electron chi connectivity index (χ3n) is 3.69. The molecule has 0 radical (unpaired) electrons. The van der Waals surface area contributed by atoms with E-state index in [-0.39, 0.29) is 0 Å². The van der Waals surface area contributed by atoms with Crippen LogP contribution in [0.15, 0.2) is 60.8 Å². The quantitative estimate of drug-likeness (QED) is 0.791. The zero-order valence-corrected chi connectivity index (χ0v) is 11.8. The third-order valence-corrected chi connectivity index (χ3v) is 3.69. The number of pyridine rings is 1. The van der Waals surface area contributed by atoms with Gasteiger partial charge in [0.15, 0.2) is 0 Å². The highest BCUT2D eigenvalue weighted by atomic mass is 19.1. The second kappa shape index (κ2) is 5.26. The highest BCUT2D eigenvalue weighted by molar-refractivity contribution is 5.85. The third kappa shape index (κ3) is 2.78. The number of benzene rings is 2. The summed E-state index contributed by atoms with van der Waals surface area (Å²) in [5.41, 5.74) is 0.374. The lowest BCUT2D eigenvalue weighted by atomic mass is 9.90. The Balaban J connectivity index is 1.99. The predicted octanol–water partition coefficient (Wildman–Crippen LogP) is 3.82. The molecule has 1 unspecified atom stereocenters. The van der Waals surface area contributed by atoms with Crippen LogP contribution in [0, 0.1) is 5.82 Å². The van der Waals surface area contributed by atoms with Crippen molar-refractivity contribution in [3.05, 3.63) is 77.9 Å². The van der Waals surface area contributed by atoms with Crippen molar-refractivity contribution in [1.29, 1.82) is 0 Å².